The van der Waals surface area contributed by atoms with Crippen molar-refractivity contribution in [3.05, 3.63) is 64.1 Å². The Morgan fingerprint density at radius 1 is 1.11 bits per heavy atom. The summed E-state index contributed by atoms with van der Waals surface area (Å²) in [6, 6.07) is 11.8. The number of nitrogens with one attached hydrogen (secondary N) is 1. The van der Waals surface area contributed by atoms with Gasteiger partial charge in [0.1, 0.15) is 6.04 Å². The second-order valence-corrected chi connectivity index (χ2v) is 6.60. The number of halogens is 2. The largest absolute Gasteiger partial charge is 0.506 e. The van der Waals surface area contributed by atoms with Crippen LogP contribution in [0.5, 0.6) is 0 Å². The van der Waals surface area contributed by atoms with Gasteiger partial charge in [-0.1, -0.05) is 41.4 Å². The predicted octanol–water partition coefficient (Wildman–Crippen LogP) is 3.20. The van der Waals surface area contributed by atoms with E-state index in [1.807, 2.05) is 0 Å². The number of hydrogen-bond acceptors (Lipinski definition) is 4. The molecule has 1 heterocycles. The number of anilines is 1. The molecule has 2 N–H and O–H groups in total. The van der Waals surface area contributed by atoms with Crippen molar-refractivity contribution in [2.24, 2.45) is 0 Å². The van der Waals surface area contributed by atoms with Crippen LogP contribution in [0.2, 0.25) is 10.0 Å². The Balaban J connectivity index is 1.83. The van der Waals surface area contributed by atoms with Gasteiger partial charge in [0, 0.05) is 11.3 Å². The minimum absolute atomic E-state index is 0.0124. The standard InChI is InChI=1S/C18H14Cl2N2O5/c19-12-7-6-10(8-13(12)20)16(23)21-15-14(27-18(25)26)9-22(17(15)24)11-4-2-1-3-5-11/h1-8,14-15H,9H2,(H,21,23)(H,25,26)/t14-,15+/m0/s1. The lowest BCUT2D eigenvalue weighted by atomic mass is 10.1. The molecule has 0 radical (unpaired) electrons. The van der Waals surface area contributed by atoms with Gasteiger partial charge in [0.2, 0.25) is 0 Å². The summed E-state index contributed by atoms with van der Waals surface area (Å²) in [7, 11) is 0. The van der Waals surface area contributed by atoms with Crippen LogP contribution in [0.15, 0.2) is 48.5 Å². The van der Waals surface area contributed by atoms with Gasteiger partial charge in [-0.05, 0) is 30.3 Å². The average molecular weight is 409 g/mol. The molecule has 1 aliphatic heterocycles. The number of carbonyl (C=O) groups is 3. The molecular formula is C18H14Cl2N2O5. The summed E-state index contributed by atoms with van der Waals surface area (Å²) < 4.78 is 4.82. The highest BCUT2D eigenvalue weighted by molar-refractivity contribution is 6.42. The first-order chi connectivity index (χ1) is 12.9. The molecule has 2 atom stereocenters. The Kier molecular flexibility index (Phi) is 5.53. The van der Waals surface area contributed by atoms with E-state index in [2.05, 4.69) is 5.32 Å². The van der Waals surface area contributed by atoms with E-state index in [1.165, 1.54) is 23.1 Å². The molecule has 2 aromatic rings. The first-order valence-electron chi connectivity index (χ1n) is 7.88. The number of para-hydroxylation sites is 1. The summed E-state index contributed by atoms with van der Waals surface area (Å²) >= 11 is 11.8. The zero-order valence-electron chi connectivity index (χ0n) is 13.8. The van der Waals surface area contributed by atoms with Gasteiger partial charge in [0.25, 0.3) is 11.8 Å². The molecule has 0 spiro atoms. The Labute approximate surface area is 164 Å². The number of carboxylic acid groups (broad SMARTS) is 1. The number of rotatable bonds is 4. The fraction of sp³-hybridized carbons (Fsp3) is 0.167. The van der Waals surface area contributed by atoms with E-state index in [-0.39, 0.29) is 22.2 Å². The zero-order chi connectivity index (χ0) is 19.6. The maximum atomic E-state index is 12.8. The molecule has 0 saturated carbocycles. The van der Waals surface area contributed by atoms with Crippen molar-refractivity contribution in [3.8, 4) is 0 Å². The van der Waals surface area contributed by atoms with E-state index < -0.39 is 30.1 Å². The van der Waals surface area contributed by atoms with Crippen LogP contribution >= 0.6 is 23.2 Å². The van der Waals surface area contributed by atoms with Crippen molar-refractivity contribution in [3.63, 3.8) is 0 Å². The zero-order valence-corrected chi connectivity index (χ0v) is 15.3. The molecule has 3 rings (SSSR count). The third-order valence-electron chi connectivity index (χ3n) is 4.05. The Bertz CT molecular complexity index is 891. The molecule has 1 fully saturated rings. The molecule has 0 unspecified atom stereocenters. The quantitative estimate of drug-likeness (QED) is 0.757. The van der Waals surface area contributed by atoms with Crippen LogP contribution in [-0.2, 0) is 9.53 Å². The van der Waals surface area contributed by atoms with Gasteiger partial charge in [-0.15, -0.1) is 0 Å². The second-order valence-electron chi connectivity index (χ2n) is 5.79. The Morgan fingerprint density at radius 2 is 1.81 bits per heavy atom. The van der Waals surface area contributed by atoms with Crippen LogP contribution < -0.4 is 10.2 Å². The molecule has 2 aromatic carbocycles. The highest BCUT2D eigenvalue weighted by atomic mass is 35.5. The van der Waals surface area contributed by atoms with Gasteiger partial charge >= 0.3 is 6.16 Å². The molecule has 27 heavy (non-hydrogen) atoms. The minimum Gasteiger partial charge on any atom is -0.450 e. The van der Waals surface area contributed by atoms with Crippen LogP contribution in [0.3, 0.4) is 0 Å². The lowest BCUT2D eigenvalue weighted by molar-refractivity contribution is -0.119. The van der Waals surface area contributed by atoms with E-state index >= 15 is 0 Å². The van der Waals surface area contributed by atoms with Gasteiger partial charge < -0.3 is 20.1 Å². The molecule has 0 aromatic heterocycles. The summed E-state index contributed by atoms with van der Waals surface area (Å²) in [4.78, 5) is 37.6. The van der Waals surface area contributed by atoms with E-state index in [4.69, 9.17) is 33.0 Å². The Morgan fingerprint density at radius 3 is 2.44 bits per heavy atom. The first kappa shape index (κ1) is 19.0. The smallest absolute Gasteiger partial charge is 0.450 e. The van der Waals surface area contributed by atoms with Gasteiger partial charge in [-0.2, -0.15) is 0 Å². The van der Waals surface area contributed by atoms with Crippen molar-refractivity contribution < 1.29 is 24.2 Å². The Hall–Kier alpha value is -2.77. The molecule has 1 aliphatic rings. The van der Waals surface area contributed by atoms with E-state index in [0.717, 1.165) is 0 Å². The summed E-state index contributed by atoms with van der Waals surface area (Å²) in [5.41, 5.74) is 0.761. The number of hydrogen-bond donors (Lipinski definition) is 2. The molecular weight excluding hydrogens is 395 g/mol. The van der Waals surface area contributed by atoms with Gasteiger partial charge in [-0.25, -0.2) is 4.79 Å². The first-order valence-corrected chi connectivity index (χ1v) is 8.64. The molecule has 9 heteroatoms. The number of ether oxygens (including phenoxy) is 1. The van der Waals surface area contributed by atoms with Crippen LogP contribution in [0.1, 0.15) is 10.4 Å². The van der Waals surface area contributed by atoms with E-state index in [0.29, 0.717) is 5.69 Å². The molecule has 0 aliphatic carbocycles. The normalized spacial score (nSPS) is 19.0. The molecule has 140 valence electrons. The molecule has 1 saturated heterocycles. The topological polar surface area (TPSA) is 95.9 Å². The second kappa shape index (κ2) is 7.85. The number of amides is 2. The van der Waals surface area contributed by atoms with Crippen LogP contribution in [0, 0.1) is 0 Å². The highest BCUT2D eigenvalue weighted by Gasteiger charge is 2.44. The number of benzene rings is 2. The van der Waals surface area contributed by atoms with Gasteiger partial charge in [-0.3, -0.25) is 9.59 Å². The van der Waals surface area contributed by atoms with E-state index in [1.54, 1.807) is 30.3 Å². The minimum atomic E-state index is -1.53. The van der Waals surface area contributed by atoms with E-state index in [9.17, 15) is 14.4 Å². The monoisotopic (exact) mass is 408 g/mol. The summed E-state index contributed by atoms with van der Waals surface area (Å²) in [6.45, 7) is -0.0124. The molecule has 0 bridgehead atoms. The fourth-order valence-corrected chi connectivity index (χ4v) is 3.09. The average Bonchev–Trinajstić information content (AvgIpc) is 2.93. The van der Waals surface area contributed by atoms with Crippen molar-refractivity contribution in [2.75, 3.05) is 11.4 Å². The molecule has 7 nitrogen and oxygen atoms in total. The van der Waals surface area contributed by atoms with Crippen molar-refractivity contribution in [1.29, 1.82) is 0 Å². The van der Waals surface area contributed by atoms with Crippen molar-refractivity contribution in [2.45, 2.75) is 12.1 Å². The summed E-state index contributed by atoms with van der Waals surface area (Å²) in [5.74, 6) is -1.07. The lowest BCUT2D eigenvalue weighted by Crippen LogP contribution is -2.47. The van der Waals surface area contributed by atoms with Gasteiger partial charge in [0.15, 0.2) is 6.10 Å². The maximum Gasteiger partial charge on any atom is 0.506 e. The lowest BCUT2D eigenvalue weighted by Gasteiger charge is -2.17. The van der Waals surface area contributed by atoms with Crippen molar-refractivity contribution in [1.82, 2.24) is 5.32 Å². The molecule has 2 amide bonds. The number of carbonyl (C=O) groups excluding carboxylic acids is 2. The van der Waals surface area contributed by atoms with Crippen molar-refractivity contribution >= 4 is 46.9 Å². The van der Waals surface area contributed by atoms with Crippen LogP contribution in [-0.4, -0.2) is 41.8 Å². The predicted molar refractivity (Wildman–Crippen MR) is 99.4 cm³/mol. The van der Waals surface area contributed by atoms with Crippen LogP contribution in [0.4, 0.5) is 10.5 Å². The summed E-state index contributed by atoms with van der Waals surface area (Å²) in [5, 5.41) is 12.0. The SMILES string of the molecule is O=C(O)O[C@H]1CN(c2ccccc2)C(=O)[C@@H]1NC(=O)c1ccc(Cl)c(Cl)c1. The highest BCUT2D eigenvalue weighted by Crippen LogP contribution is 2.25. The number of nitrogens with zero attached hydrogens (tertiary/aromatic N) is 1. The fourth-order valence-electron chi connectivity index (χ4n) is 2.79. The summed E-state index contributed by atoms with van der Waals surface area (Å²) in [6.07, 6.45) is -2.58. The van der Waals surface area contributed by atoms with Crippen LogP contribution in [0.25, 0.3) is 0 Å². The third kappa shape index (κ3) is 4.15. The third-order valence-corrected chi connectivity index (χ3v) is 4.79. The van der Waals surface area contributed by atoms with Gasteiger partial charge in [0.05, 0.1) is 16.6 Å². The maximum absolute atomic E-state index is 12.8.